The first-order valence-electron chi connectivity index (χ1n) is 7.40. The maximum atomic E-state index is 12.0. The van der Waals surface area contributed by atoms with Gasteiger partial charge in [0, 0.05) is 11.3 Å². The van der Waals surface area contributed by atoms with E-state index >= 15 is 0 Å². The molecule has 0 heterocycles. The van der Waals surface area contributed by atoms with Crippen molar-refractivity contribution in [2.75, 3.05) is 5.32 Å². The third-order valence-corrected chi connectivity index (χ3v) is 3.54. The lowest BCUT2D eigenvalue weighted by molar-refractivity contribution is -0.136. The molecule has 0 bridgehead atoms. The molecule has 0 unspecified atom stereocenters. The van der Waals surface area contributed by atoms with Gasteiger partial charge in [-0.25, -0.2) is 5.43 Å². The normalized spacial score (nSPS) is 11.0. The molecule has 3 N–H and O–H groups in total. The number of rotatable bonds is 3. The molecule has 2 aromatic rings. The van der Waals surface area contributed by atoms with Crippen LogP contribution in [0.1, 0.15) is 23.6 Å². The van der Waals surface area contributed by atoms with Gasteiger partial charge in [-0.1, -0.05) is 30.3 Å². The number of hydrazone groups is 1. The Labute approximate surface area is 140 Å². The number of hydrogen-bond donors (Lipinski definition) is 3. The molecule has 0 saturated heterocycles. The molecule has 0 radical (unpaired) electrons. The number of nitrogens with zero attached hydrogens (tertiary/aromatic N) is 1. The van der Waals surface area contributed by atoms with Gasteiger partial charge in [0.05, 0.1) is 5.71 Å². The van der Waals surface area contributed by atoms with Crippen LogP contribution in [-0.4, -0.2) is 22.6 Å². The number of para-hydroxylation sites is 2. The zero-order valence-corrected chi connectivity index (χ0v) is 13.8. The fourth-order valence-electron chi connectivity index (χ4n) is 2.21. The van der Waals surface area contributed by atoms with Gasteiger partial charge in [0.1, 0.15) is 5.75 Å². The second kappa shape index (κ2) is 7.41. The number of aromatic hydroxyl groups is 1. The molecule has 0 aliphatic rings. The Morgan fingerprint density at radius 3 is 2.21 bits per heavy atom. The van der Waals surface area contributed by atoms with Crippen LogP contribution in [0.25, 0.3) is 0 Å². The quantitative estimate of drug-likeness (QED) is 0.460. The zero-order chi connectivity index (χ0) is 17.7. The van der Waals surface area contributed by atoms with Gasteiger partial charge < -0.3 is 10.4 Å². The lowest BCUT2D eigenvalue weighted by Gasteiger charge is -2.10. The molecule has 0 aliphatic carbocycles. The largest absolute Gasteiger partial charge is 0.507 e. The highest BCUT2D eigenvalue weighted by Gasteiger charge is 2.15. The van der Waals surface area contributed by atoms with Gasteiger partial charge in [-0.15, -0.1) is 0 Å². The molecule has 2 aromatic carbocycles. The van der Waals surface area contributed by atoms with E-state index in [-0.39, 0.29) is 5.75 Å². The first-order valence-corrected chi connectivity index (χ1v) is 7.40. The maximum Gasteiger partial charge on any atom is 0.329 e. The number of phenols is 1. The van der Waals surface area contributed by atoms with Gasteiger partial charge in [-0.2, -0.15) is 5.10 Å². The highest BCUT2D eigenvalue weighted by atomic mass is 16.3. The van der Waals surface area contributed by atoms with Gasteiger partial charge in [0.15, 0.2) is 0 Å². The number of carbonyl (C=O) groups excluding carboxylic acids is 2. The second-order valence-corrected chi connectivity index (χ2v) is 5.38. The number of hydrogen-bond acceptors (Lipinski definition) is 4. The van der Waals surface area contributed by atoms with E-state index in [2.05, 4.69) is 15.8 Å². The number of anilines is 1. The molecule has 0 aliphatic heterocycles. The minimum Gasteiger partial charge on any atom is -0.507 e. The molecule has 0 saturated carbocycles. The van der Waals surface area contributed by atoms with Crippen LogP contribution in [0, 0.1) is 13.8 Å². The molecule has 2 rings (SSSR count). The van der Waals surface area contributed by atoms with E-state index < -0.39 is 11.8 Å². The number of aryl methyl sites for hydroxylation is 2. The summed E-state index contributed by atoms with van der Waals surface area (Å²) in [4.78, 5) is 23.9. The summed E-state index contributed by atoms with van der Waals surface area (Å²) >= 11 is 0. The molecule has 2 amide bonds. The maximum absolute atomic E-state index is 12.0. The molecule has 6 heteroatoms. The van der Waals surface area contributed by atoms with E-state index in [0.29, 0.717) is 17.0 Å². The van der Waals surface area contributed by atoms with Crippen molar-refractivity contribution in [3.8, 4) is 5.75 Å². The molecule has 124 valence electrons. The van der Waals surface area contributed by atoms with E-state index in [1.807, 2.05) is 32.0 Å². The predicted molar refractivity (Wildman–Crippen MR) is 93.0 cm³/mol. The van der Waals surface area contributed by atoms with Crippen LogP contribution in [0.2, 0.25) is 0 Å². The first kappa shape index (κ1) is 17.2. The molecular weight excluding hydrogens is 306 g/mol. The van der Waals surface area contributed by atoms with E-state index in [1.54, 1.807) is 25.1 Å². The Balaban J connectivity index is 2.06. The summed E-state index contributed by atoms with van der Waals surface area (Å²) in [6.07, 6.45) is 0. The van der Waals surface area contributed by atoms with Crippen molar-refractivity contribution in [3.05, 3.63) is 59.2 Å². The lowest BCUT2D eigenvalue weighted by atomic mass is 10.1. The Morgan fingerprint density at radius 2 is 1.58 bits per heavy atom. The number of phenolic OH excluding ortho intramolecular Hbond substituents is 1. The summed E-state index contributed by atoms with van der Waals surface area (Å²) in [5.41, 5.74) is 5.40. The monoisotopic (exact) mass is 325 g/mol. The van der Waals surface area contributed by atoms with Crippen LogP contribution in [0.15, 0.2) is 47.6 Å². The smallest absolute Gasteiger partial charge is 0.329 e. The topological polar surface area (TPSA) is 90.8 Å². The van der Waals surface area contributed by atoms with Crippen molar-refractivity contribution in [2.45, 2.75) is 20.8 Å². The van der Waals surface area contributed by atoms with E-state index in [4.69, 9.17) is 0 Å². The van der Waals surface area contributed by atoms with Crippen LogP contribution >= 0.6 is 0 Å². The average Bonchev–Trinajstić information content (AvgIpc) is 2.56. The number of benzene rings is 2. The van der Waals surface area contributed by atoms with E-state index in [0.717, 1.165) is 11.1 Å². The highest BCUT2D eigenvalue weighted by molar-refractivity contribution is 6.39. The van der Waals surface area contributed by atoms with Gasteiger partial charge in [0.25, 0.3) is 0 Å². The standard InChI is InChI=1S/C18H19N3O3/c1-11-7-6-8-12(2)16(11)19-17(23)18(24)21-20-13(3)14-9-4-5-10-15(14)22/h4-10,22H,1-3H3,(H,19,23)(H,21,24). The van der Waals surface area contributed by atoms with Gasteiger partial charge in [-0.3, -0.25) is 9.59 Å². The summed E-state index contributed by atoms with van der Waals surface area (Å²) in [6.45, 7) is 5.32. The fraction of sp³-hybridized carbons (Fsp3) is 0.167. The van der Waals surface area contributed by atoms with Crippen molar-refractivity contribution < 1.29 is 14.7 Å². The van der Waals surface area contributed by atoms with Crippen molar-refractivity contribution >= 4 is 23.2 Å². The van der Waals surface area contributed by atoms with E-state index in [1.165, 1.54) is 6.07 Å². The Bertz CT molecular complexity index is 793. The van der Waals surface area contributed by atoms with Crippen molar-refractivity contribution in [1.29, 1.82) is 0 Å². The van der Waals surface area contributed by atoms with Crippen LogP contribution in [0.5, 0.6) is 5.75 Å². The fourth-order valence-corrected chi connectivity index (χ4v) is 2.21. The zero-order valence-electron chi connectivity index (χ0n) is 13.8. The molecular formula is C18H19N3O3. The Hall–Kier alpha value is -3.15. The first-order chi connectivity index (χ1) is 11.4. The summed E-state index contributed by atoms with van der Waals surface area (Å²) in [5, 5.41) is 16.2. The van der Waals surface area contributed by atoms with Gasteiger partial charge >= 0.3 is 11.8 Å². The Morgan fingerprint density at radius 1 is 0.958 bits per heavy atom. The van der Waals surface area contributed by atoms with Gasteiger partial charge in [-0.05, 0) is 44.0 Å². The number of carbonyl (C=O) groups is 2. The molecule has 0 atom stereocenters. The van der Waals surface area contributed by atoms with Crippen LogP contribution in [0.3, 0.4) is 0 Å². The van der Waals surface area contributed by atoms with Crippen molar-refractivity contribution in [3.63, 3.8) is 0 Å². The summed E-state index contributed by atoms with van der Waals surface area (Å²) < 4.78 is 0. The van der Waals surface area contributed by atoms with Gasteiger partial charge in [0.2, 0.25) is 0 Å². The molecule has 0 aromatic heterocycles. The summed E-state index contributed by atoms with van der Waals surface area (Å²) in [5.74, 6) is -1.64. The SMILES string of the molecule is CC(=NNC(=O)C(=O)Nc1c(C)cccc1C)c1ccccc1O. The minimum atomic E-state index is -0.882. The van der Waals surface area contributed by atoms with Crippen LogP contribution < -0.4 is 10.7 Å². The van der Waals surface area contributed by atoms with E-state index in [9.17, 15) is 14.7 Å². The lowest BCUT2D eigenvalue weighted by Crippen LogP contribution is -2.33. The molecule has 6 nitrogen and oxygen atoms in total. The van der Waals surface area contributed by atoms with Crippen LogP contribution in [-0.2, 0) is 9.59 Å². The number of nitrogens with one attached hydrogen (secondary N) is 2. The molecule has 0 spiro atoms. The average molecular weight is 325 g/mol. The predicted octanol–water partition coefficient (Wildman–Crippen LogP) is 2.49. The molecule has 0 fully saturated rings. The summed E-state index contributed by atoms with van der Waals surface area (Å²) in [6, 6.07) is 12.2. The third kappa shape index (κ3) is 3.98. The van der Waals surface area contributed by atoms with Crippen LogP contribution in [0.4, 0.5) is 5.69 Å². The highest BCUT2D eigenvalue weighted by Crippen LogP contribution is 2.19. The van der Waals surface area contributed by atoms with Crippen molar-refractivity contribution in [2.24, 2.45) is 5.10 Å². The number of amides is 2. The Kier molecular flexibility index (Phi) is 5.31. The molecule has 24 heavy (non-hydrogen) atoms. The third-order valence-electron chi connectivity index (χ3n) is 3.54. The minimum absolute atomic E-state index is 0.0491. The second-order valence-electron chi connectivity index (χ2n) is 5.38. The summed E-state index contributed by atoms with van der Waals surface area (Å²) in [7, 11) is 0. The van der Waals surface area contributed by atoms with Crippen molar-refractivity contribution in [1.82, 2.24) is 5.43 Å².